The molecular weight excluding hydrogens is 260 g/mol. The number of aromatic amines is 1. The molecule has 3 N–H and O–H groups in total. The Balaban J connectivity index is 1.59. The molecule has 2 aromatic heterocycles. The van der Waals surface area contributed by atoms with Crippen LogP contribution in [0, 0.1) is 6.92 Å². The number of nitrogens with one attached hydrogen (secondary N) is 1. The Morgan fingerprint density at radius 3 is 2.38 bits per heavy atom. The summed E-state index contributed by atoms with van der Waals surface area (Å²) in [5, 5.41) is 0. The van der Waals surface area contributed by atoms with Crippen LogP contribution in [0.3, 0.4) is 0 Å². The van der Waals surface area contributed by atoms with Crippen LogP contribution in [0.5, 0.6) is 0 Å². The van der Waals surface area contributed by atoms with Gasteiger partial charge in [0.2, 0.25) is 0 Å². The van der Waals surface area contributed by atoms with Gasteiger partial charge in [-0.1, -0.05) is 38.5 Å². The number of pyridine rings is 1. The number of nitrogens with zero attached hydrogens (tertiary/aromatic N) is 2. The second-order valence-corrected chi connectivity index (χ2v) is 5.93. The van der Waals surface area contributed by atoms with E-state index in [1.165, 1.54) is 56.9 Å². The number of hydrogen-bond donors (Lipinski definition) is 2. The van der Waals surface area contributed by atoms with Crippen molar-refractivity contribution in [3.8, 4) is 0 Å². The van der Waals surface area contributed by atoms with Gasteiger partial charge in [-0.3, -0.25) is 0 Å². The lowest BCUT2D eigenvalue weighted by Gasteiger charge is -2.01. The largest absolute Gasteiger partial charge is 0.341 e. The zero-order valence-electron chi connectivity index (χ0n) is 13.2. The van der Waals surface area contributed by atoms with Gasteiger partial charge in [-0.05, 0) is 37.9 Å². The molecule has 0 aliphatic carbocycles. The number of H-pyrrole nitrogens is 1. The van der Waals surface area contributed by atoms with E-state index in [9.17, 15) is 0 Å². The molecule has 4 nitrogen and oxygen atoms in total. The Morgan fingerprint density at radius 2 is 1.67 bits per heavy atom. The minimum absolute atomic E-state index is 0.839. The molecule has 0 aliphatic heterocycles. The Labute approximate surface area is 127 Å². The summed E-state index contributed by atoms with van der Waals surface area (Å²) in [7, 11) is 0. The van der Waals surface area contributed by atoms with Crippen molar-refractivity contribution in [3.63, 3.8) is 0 Å². The van der Waals surface area contributed by atoms with E-state index >= 15 is 0 Å². The third-order valence-corrected chi connectivity index (χ3v) is 3.89. The van der Waals surface area contributed by atoms with Crippen molar-refractivity contribution in [2.75, 3.05) is 6.54 Å². The lowest BCUT2D eigenvalue weighted by Crippen LogP contribution is -1.97. The average Bonchev–Trinajstić information content (AvgIpc) is 2.87. The SMILES string of the molecule is Cc1cnc2nc(CCCCCCCCCCN)[nH]c2c1. The van der Waals surface area contributed by atoms with Crippen LogP contribution in [0.1, 0.15) is 62.8 Å². The number of nitrogens with two attached hydrogens (primary N) is 1. The fourth-order valence-electron chi connectivity index (χ4n) is 2.67. The number of aryl methyl sites for hydroxylation is 2. The lowest BCUT2D eigenvalue weighted by atomic mass is 10.1. The highest BCUT2D eigenvalue weighted by Crippen LogP contribution is 2.13. The Hall–Kier alpha value is -1.42. The highest BCUT2D eigenvalue weighted by Gasteiger charge is 2.03. The number of hydrogen-bond acceptors (Lipinski definition) is 3. The smallest absolute Gasteiger partial charge is 0.177 e. The summed E-state index contributed by atoms with van der Waals surface area (Å²) < 4.78 is 0. The molecule has 0 saturated carbocycles. The first-order chi connectivity index (χ1) is 10.3. The van der Waals surface area contributed by atoms with Gasteiger partial charge in [0.25, 0.3) is 0 Å². The number of unbranched alkanes of at least 4 members (excludes halogenated alkanes) is 7. The monoisotopic (exact) mass is 288 g/mol. The van der Waals surface area contributed by atoms with Crippen molar-refractivity contribution in [1.82, 2.24) is 15.0 Å². The topological polar surface area (TPSA) is 67.6 Å². The maximum absolute atomic E-state index is 5.49. The molecule has 0 saturated heterocycles. The van der Waals surface area contributed by atoms with Gasteiger partial charge in [-0.2, -0.15) is 0 Å². The van der Waals surface area contributed by atoms with Crippen LogP contribution in [-0.4, -0.2) is 21.5 Å². The summed E-state index contributed by atoms with van der Waals surface area (Å²) >= 11 is 0. The molecule has 0 radical (unpaired) electrons. The molecule has 0 spiro atoms. The van der Waals surface area contributed by atoms with Crippen LogP contribution in [0.25, 0.3) is 11.2 Å². The highest BCUT2D eigenvalue weighted by molar-refractivity contribution is 5.70. The first-order valence-electron chi connectivity index (χ1n) is 8.31. The number of imidazole rings is 1. The van der Waals surface area contributed by atoms with E-state index < -0.39 is 0 Å². The van der Waals surface area contributed by atoms with E-state index in [4.69, 9.17) is 5.73 Å². The van der Waals surface area contributed by atoms with E-state index in [1.807, 2.05) is 6.20 Å². The zero-order valence-corrected chi connectivity index (χ0v) is 13.2. The molecule has 116 valence electrons. The molecule has 0 amide bonds. The van der Waals surface area contributed by atoms with Gasteiger partial charge in [0.15, 0.2) is 5.65 Å². The summed E-state index contributed by atoms with van der Waals surface area (Å²) in [4.78, 5) is 12.3. The molecular formula is C17H28N4. The van der Waals surface area contributed by atoms with Gasteiger partial charge in [-0.25, -0.2) is 9.97 Å². The van der Waals surface area contributed by atoms with Gasteiger partial charge >= 0.3 is 0 Å². The molecule has 21 heavy (non-hydrogen) atoms. The van der Waals surface area contributed by atoms with Crippen LogP contribution in [0.2, 0.25) is 0 Å². The maximum Gasteiger partial charge on any atom is 0.177 e. The highest BCUT2D eigenvalue weighted by atomic mass is 15.0. The number of aromatic nitrogens is 3. The van der Waals surface area contributed by atoms with Gasteiger partial charge in [0, 0.05) is 12.6 Å². The van der Waals surface area contributed by atoms with Crippen LogP contribution in [-0.2, 0) is 6.42 Å². The van der Waals surface area contributed by atoms with E-state index in [0.717, 1.165) is 30.0 Å². The fourth-order valence-corrected chi connectivity index (χ4v) is 2.67. The predicted octanol–water partition coefficient (Wildman–Crippen LogP) is 3.89. The van der Waals surface area contributed by atoms with Gasteiger partial charge in [0.05, 0.1) is 5.52 Å². The van der Waals surface area contributed by atoms with Crippen molar-refractivity contribution in [1.29, 1.82) is 0 Å². The zero-order chi connectivity index (χ0) is 14.9. The van der Waals surface area contributed by atoms with Crippen molar-refractivity contribution < 1.29 is 0 Å². The van der Waals surface area contributed by atoms with Gasteiger partial charge in [0.1, 0.15) is 5.82 Å². The molecule has 2 aromatic rings. The molecule has 4 heteroatoms. The standard InChI is InChI=1S/C17H28N4/c1-14-12-15-17(19-13-14)21-16(20-15)10-8-6-4-2-3-5-7-9-11-18/h12-13H,2-11,18H2,1H3,(H,19,20,21). The maximum atomic E-state index is 5.49. The Bertz CT molecular complexity index is 533. The van der Waals surface area contributed by atoms with Crippen LogP contribution in [0.15, 0.2) is 12.3 Å². The first kappa shape index (κ1) is 16.0. The average molecular weight is 288 g/mol. The molecule has 2 rings (SSSR count). The van der Waals surface area contributed by atoms with E-state index in [2.05, 4.69) is 27.9 Å². The Kier molecular flexibility index (Phi) is 6.67. The third-order valence-electron chi connectivity index (χ3n) is 3.89. The minimum atomic E-state index is 0.839. The Morgan fingerprint density at radius 1 is 1.00 bits per heavy atom. The molecule has 0 aromatic carbocycles. The van der Waals surface area contributed by atoms with Crippen molar-refractivity contribution in [3.05, 3.63) is 23.7 Å². The molecule has 0 fully saturated rings. The fraction of sp³-hybridized carbons (Fsp3) is 0.647. The molecule has 0 bridgehead atoms. The summed E-state index contributed by atoms with van der Waals surface area (Å²) in [5.74, 6) is 1.08. The van der Waals surface area contributed by atoms with Gasteiger partial charge < -0.3 is 10.7 Å². The minimum Gasteiger partial charge on any atom is -0.341 e. The van der Waals surface area contributed by atoms with E-state index in [1.54, 1.807) is 0 Å². The molecule has 2 heterocycles. The third kappa shape index (κ3) is 5.46. The van der Waals surface area contributed by atoms with Crippen molar-refractivity contribution in [2.24, 2.45) is 5.73 Å². The normalized spacial score (nSPS) is 11.3. The van der Waals surface area contributed by atoms with Gasteiger partial charge in [-0.15, -0.1) is 0 Å². The van der Waals surface area contributed by atoms with Crippen LogP contribution in [0.4, 0.5) is 0 Å². The quantitative estimate of drug-likeness (QED) is 0.652. The summed E-state index contributed by atoms with van der Waals surface area (Å²) in [5.41, 5.74) is 8.56. The van der Waals surface area contributed by atoms with Crippen LogP contribution >= 0.6 is 0 Å². The number of fused-ring (bicyclic) bond motifs is 1. The number of rotatable bonds is 10. The van der Waals surface area contributed by atoms with E-state index in [-0.39, 0.29) is 0 Å². The summed E-state index contributed by atoms with van der Waals surface area (Å²) in [6.45, 7) is 2.90. The van der Waals surface area contributed by atoms with Crippen LogP contribution < -0.4 is 5.73 Å². The molecule has 0 unspecified atom stereocenters. The molecule has 0 atom stereocenters. The second-order valence-electron chi connectivity index (χ2n) is 5.93. The first-order valence-corrected chi connectivity index (χ1v) is 8.31. The summed E-state index contributed by atoms with van der Waals surface area (Å²) in [6.07, 6.45) is 13.3. The molecule has 0 aliphatic rings. The predicted molar refractivity (Wildman–Crippen MR) is 88.3 cm³/mol. The summed E-state index contributed by atoms with van der Waals surface area (Å²) in [6, 6.07) is 2.11. The second kappa shape index (κ2) is 8.78. The van der Waals surface area contributed by atoms with E-state index in [0.29, 0.717) is 0 Å². The van der Waals surface area contributed by atoms with Crippen molar-refractivity contribution in [2.45, 2.75) is 64.7 Å². The van der Waals surface area contributed by atoms with Crippen molar-refractivity contribution >= 4 is 11.2 Å². The lowest BCUT2D eigenvalue weighted by molar-refractivity contribution is 0.567.